The Labute approximate surface area is 407 Å². The van der Waals surface area contributed by atoms with Crippen LogP contribution in [0.5, 0.6) is 0 Å². The lowest BCUT2D eigenvalue weighted by atomic mass is 9.82. The minimum atomic E-state index is 1.21. The molecule has 0 atom stereocenters. The van der Waals surface area contributed by atoms with Gasteiger partial charge in [0.25, 0.3) is 0 Å². The van der Waals surface area contributed by atoms with Crippen molar-refractivity contribution in [1.82, 2.24) is 0 Å². The van der Waals surface area contributed by atoms with Crippen LogP contribution in [0, 0.1) is 6.92 Å². The van der Waals surface area contributed by atoms with Gasteiger partial charge >= 0.3 is 0 Å². The van der Waals surface area contributed by atoms with Crippen LogP contribution in [0.25, 0.3) is 148 Å². The molecule has 0 radical (unpaired) electrons. The van der Waals surface area contributed by atoms with Gasteiger partial charge in [0.05, 0.1) is 0 Å². The van der Waals surface area contributed by atoms with Crippen LogP contribution in [0.4, 0.5) is 0 Å². The molecule has 14 rings (SSSR count). The summed E-state index contributed by atoms with van der Waals surface area (Å²) < 4.78 is 0. The van der Waals surface area contributed by atoms with Crippen LogP contribution < -0.4 is 5.22 Å². The summed E-state index contributed by atoms with van der Waals surface area (Å²) in [5.41, 5.74) is 13.7. The van der Waals surface area contributed by atoms with Crippen molar-refractivity contribution in [2.45, 2.75) is 13.8 Å². The van der Waals surface area contributed by atoms with Gasteiger partial charge in [-0.05, 0) is 185 Å². The predicted octanol–water partition coefficient (Wildman–Crippen LogP) is 19.1. The molecule has 326 valence electrons. The highest BCUT2D eigenvalue weighted by Crippen LogP contribution is 2.49. The van der Waals surface area contributed by atoms with Gasteiger partial charge in [-0.1, -0.05) is 224 Å². The second-order valence-corrected chi connectivity index (χ2v) is 19.1. The number of fused-ring (bicyclic) bond motifs is 6. The highest BCUT2D eigenvalue weighted by molar-refractivity contribution is 6.26. The third kappa shape index (κ3) is 6.17. The smallest absolute Gasteiger partial charge is 0.00240 e. The second kappa shape index (κ2) is 15.9. The van der Waals surface area contributed by atoms with E-state index >= 15 is 0 Å². The molecule has 0 aromatic heterocycles. The third-order valence-corrected chi connectivity index (χ3v) is 15.3. The molecule has 0 unspecified atom stereocenters. The van der Waals surface area contributed by atoms with E-state index in [1.807, 2.05) is 0 Å². The van der Waals surface area contributed by atoms with Crippen LogP contribution in [-0.2, 0) is 0 Å². The fraction of sp³-hybridized carbons (Fsp3) is 0.0286. The van der Waals surface area contributed by atoms with Gasteiger partial charge in [0.15, 0.2) is 0 Å². The van der Waals surface area contributed by atoms with Crippen LogP contribution in [0.2, 0.25) is 0 Å². The lowest BCUT2D eigenvalue weighted by Gasteiger charge is -2.21. The van der Waals surface area contributed by atoms with Crippen LogP contribution in [0.1, 0.15) is 12.5 Å². The fourth-order valence-corrected chi connectivity index (χ4v) is 12.1. The first-order valence-electron chi connectivity index (χ1n) is 24.5. The maximum absolute atomic E-state index is 2.50. The summed E-state index contributed by atoms with van der Waals surface area (Å²) in [6.45, 7) is 4.37. The van der Waals surface area contributed by atoms with Gasteiger partial charge in [0.1, 0.15) is 0 Å². The average Bonchev–Trinajstić information content (AvgIpc) is 3.42. The van der Waals surface area contributed by atoms with Gasteiger partial charge in [-0.2, -0.15) is 0 Å². The van der Waals surface area contributed by atoms with Crippen LogP contribution >= 0.6 is 0 Å². The molecule has 14 aromatic carbocycles. The molecule has 0 fully saturated rings. The summed E-state index contributed by atoms with van der Waals surface area (Å²) in [5.74, 6) is 0. The molecule has 0 aliphatic heterocycles. The van der Waals surface area contributed by atoms with Crippen molar-refractivity contribution in [1.29, 1.82) is 0 Å². The summed E-state index contributed by atoms with van der Waals surface area (Å²) in [5, 5.41) is 21.5. The van der Waals surface area contributed by atoms with Crippen LogP contribution in [0.3, 0.4) is 0 Å². The van der Waals surface area contributed by atoms with Gasteiger partial charge in [0, 0.05) is 0 Å². The maximum Gasteiger partial charge on any atom is -0.00240 e. The van der Waals surface area contributed by atoms with Gasteiger partial charge in [-0.3, -0.25) is 0 Å². The molecule has 0 aliphatic carbocycles. The Kier molecular flexibility index (Phi) is 9.13. The largest absolute Gasteiger partial charge is 0.0798 e. The van der Waals surface area contributed by atoms with Crippen molar-refractivity contribution in [2.24, 2.45) is 0 Å². The Morgan fingerprint density at radius 1 is 0.257 bits per heavy atom. The summed E-state index contributed by atoms with van der Waals surface area (Å²) in [4.78, 5) is 0. The van der Waals surface area contributed by atoms with Crippen molar-refractivity contribution < 1.29 is 0 Å². The number of aryl methyl sites for hydroxylation is 1. The number of hydrogen-bond donors (Lipinski definition) is 0. The Morgan fingerprint density at radius 3 is 1.19 bits per heavy atom. The van der Waals surface area contributed by atoms with E-state index in [0.717, 1.165) is 0 Å². The molecular formula is C70H46. The fourth-order valence-electron chi connectivity index (χ4n) is 12.1. The molecule has 0 heterocycles. The van der Waals surface area contributed by atoms with E-state index in [2.05, 4.69) is 257 Å². The maximum atomic E-state index is 2.50. The first-order chi connectivity index (χ1) is 34.6. The van der Waals surface area contributed by atoms with Gasteiger partial charge in [-0.15, -0.1) is 0 Å². The molecule has 0 saturated carbocycles. The highest BCUT2D eigenvalue weighted by atomic mass is 14.2. The Bertz CT molecular complexity index is 4470. The zero-order valence-corrected chi connectivity index (χ0v) is 39.1. The van der Waals surface area contributed by atoms with Crippen LogP contribution in [-0.4, -0.2) is 0 Å². The van der Waals surface area contributed by atoms with E-state index in [4.69, 9.17) is 0 Å². The summed E-state index contributed by atoms with van der Waals surface area (Å²) in [6.07, 6.45) is 2.23. The third-order valence-electron chi connectivity index (χ3n) is 15.3. The molecule has 0 bridgehead atoms. The Morgan fingerprint density at radius 2 is 0.643 bits per heavy atom. The minimum Gasteiger partial charge on any atom is -0.0798 e. The normalized spacial score (nSPS) is 12.2. The summed E-state index contributed by atoms with van der Waals surface area (Å²) in [7, 11) is 0. The van der Waals surface area contributed by atoms with E-state index in [1.54, 1.807) is 0 Å². The van der Waals surface area contributed by atoms with Crippen molar-refractivity contribution >= 4 is 92.3 Å². The number of hydrogen-bond acceptors (Lipinski definition) is 0. The highest BCUT2D eigenvalue weighted by Gasteiger charge is 2.22. The van der Waals surface area contributed by atoms with E-state index in [9.17, 15) is 0 Å². The zero-order chi connectivity index (χ0) is 46.5. The first kappa shape index (κ1) is 40.2. The summed E-state index contributed by atoms with van der Waals surface area (Å²) in [6, 6.07) is 88.8. The number of rotatable bonds is 5. The number of benzene rings is 14. The second-order valence-electron chi connectivity index (χ2n) is 19.1. The molecular weight excluding hydrogens is 841 g/mol. The van der Waals surface area contributed by atoms with Gasteiger partial charge in [-0.25, -0.2) is 0 Å². The standard InChI is InChI=1S/C70H46/c1-3-44-34-38-62-55(37-35-49-25-24-43(2)65(44)70(49)62)47-28-30-48(31-29-47)66-56-18-8-10-20-58(56)68(59-21-11-9-19-57(59)66)54-36-39-63-64(42-54)69(53-33-27-46-15-5-7-17-51(46)41-53)61-23-13-12-22-60(61)67(63)52-32-26-45-14-4-6-16-50(45)40-52/h3-42H,1-2H3/b44-3-. The monoisotopic (exact) mass is 886 g/mol. The first-order valence-corrected chi connectivity index (χ1v) is 24.5. The van der Waals surface area contributed by atoms with Crippen molar-refractivity contribution in [3.8, 4) is 55.6 Å². The molecule has 0 aliphatic rings. The molecule has 0 spiro atoms. The predicted molar refractivity (Wildman–Crippen MR) is 304 cm³/mol. The molecule has 0 saturated heterocycles. The van der Waals surface area contributed by atoms with E-state index in [1.165, 1.54) is 153 Å². The topological polar surface area (TPSA) is 0 Å². The molecule has 70 heavy (non-hydrogen) atoms. The van der Waals surface area contributed by atoms with E-state index in [-0.39, 0.29) is 0 Å². The summed E-state index contributed by atoms with van der Waals surface area (Å²) >= 11 is 0. The van der Waals surface area contributed by atoms with Crippen molar-refractivity contribution in [3.05, 3.63) is 247 Å². The molecule has 0 N–H and O–H groups in total. The van der Waals surface area contributed by atoms with E-state index < -0.39 is 0 Å². The molecule has 0 heteroatoms. The Balaban J connectivity index is 0.997. The lowest BCUT2D eigenvalue weighted by molar-refractivity contribution is 1.52. The van der Waals surface area contributed by atoms with Gasteiger partial charge < -0.3 is 0 Å². The van der Waals surface area contributed by atoms with Crippen LogP contribution in [0.15, 0.2) is 237 Å². The molecule has 0 amide bonds. The van der Waals surface area contributed by atoms with Gasteiger partial charge in [0.2, 0.25) is 0 Å². The minimum absolute atomic E-state index is 1.21. The lowest BCUT2D eigenvalue weighted by Crippen LogP contribution is -2.03. The quantitative estimate of drug-likeness (QED) is 0.151. The van der Waals surface area contributed by atoms with Crippen molar-refractivity contribution in [2.75, 3.05) is 0 Å². The SMILES string of the molecule is C/C=c1/ccc2c(-c3ccc(-c4c5ccccc5c(-c5ccc6c(-c7ccc8ccccc8c7)c7ccccc7c(-c7ccc8ccccc8c7)c6c5)c5ccccc45)cc3)ccc3ccc(C)c1c32. The zero-order valence-electron chi connectivity index (χ0n) is 39.1. The Hall–Kier alpha value is -8.84. The van der Waals surface area contributed by atoms with E-state index in [0.29, 0.717) is 0 Å². The average molecular weight is 887 g/mol. The molecule has 0 nitrogen and oxygen atoms in total. The molecule has 14 aromatic rings. The van der Waals surface area contributed by atoms with Crippen molar-refractivity contribution in [3.63, 3.8) is 0 Å².